The van der Waals surface area contributed by atoms with Crippen molar-refractivity contribution in [2.24, 2.45) is 11.5 Å². The Morgan fingerprint density at radius 1 is 0.600 bits per heavy atom. The van der Waals surface area contributed by atoms with Crippen LogP contribution in [0.2, 0.25) is 0 Å². The molecular formula is C66H102N6O18. The molecule has 5 rings (SSSR count). The van der Waals surface area contributed by atoms with Gasteiger partial charge in [-0.05, 0) is 97.0 Å². The summed E-state index contributed by atoms with van der Waals surface area (Å²) in [5.41, 5.74) is 17.2. The number of alkyl carbamates (subject to hydrolysis) is 2. The molecule has 0 saturated carbocycles. The van der Waals surface area contributed by atoms with Crippen LogP contribution in [0, 0.1) is 0 Å². The zero-order chi connectivity index (χ0) is 66.3. The molecule has 1 aliphatic rings. The van der Waals surface area contributed by atoms with Gasteiger partial charge < -0.3 is 99.0 Å². The Bertz CT molecular complexity index is 2630. The summed E-state index contributed by atoms with van der Waals surface area (Å²) in [6, 6.07) is 22.9. The minimum atomic E-state index is -0.660. The minimum Gasteiger partial charge on any atom is -0.496 e. The maximum absolute atomic E-state index is 13.3. The molecule has 0 aliphatic heterocycles. The summed E-state index contributed by atoms with van der Waals surface area (Å²) in [5.74, 6) is 3.13. The lowest BCUT2D eigenvalue weighted by atomic mass is 9.98. The van der Waals surface area contributed by atoms with E-state index in [1.165, 1.54) is 22.3 Å². The molecular weight excluding hydrogens is 1160 g/mol. The third-order valence-corrected chi connectivity index (χ3v) is 13.0. The van der Waals surface area contributed by atoms with E-state index < -0.39 is 42.0 Å². The quantitative estimate of drug-likeness (QED) is 0.0143. The number of rotatable bonds is 38. The molecule has 8 N–H and O–H groups in total. The van der Waals surface area contributed by atoms with Gasteiger partial charge in [0.05, 0.1) is 118 Å². The number of aliphatic hydroxyl groups is 1. The zero-order valence-corrected chi connectivity index (χ0v) is 55.1. The summed E-state index contributed by atoms with van der Waals surface area (Å²) in [5, 5.41) is 17.3. The Balaban J connectivity index is 0.000000373. The van der Waals surface area contributed by atoms with E-state index in [0.29, 0.717) is 145 Å². The SMILES string of the molecule is CCOc1cc(OC)c(CN(CCOCCOCCNC(=O)OC(C)(C)C)C(=O)C(N)CCCCN)c(OC)c1.CCOc1cc(OC)c(CNCCOCCOCCNC(=O)OC(C)(C)C)c(OC)c1.O=C(CO)OCC1c2ccccc2-c2ccccc21. The van der Waals surface area contributed by atoms with Crippen LogP contribution in [0.15, 0.2) is 72.8 Å². The van der Waals surface area contributed by atoms with Crippen molar-refractivity contribution >= 4 is 24.1 Å². The predicted octanol–water partition coefficient (Wildman–Crippen LogP) is 7.53. The highest BCUT2D eigenvalue weighted by atomic mass is 16.6. The number of amides is 3. The van der Waals surface area contributed by atoms with E-state index in [-0.39, 0.29) is 31.6 Å². The van der Waals surface area contributed by atoms with Crippen LogP contribution in [0.1, 0.15) is 103 Å². The van der Waals surface area contributed by atoms with Crippen molar-refractivity contribution in [1.82, 2.24) is 20.9 Å². The van der Waals surface area contributed by atoms with Gasteiger partial charge in [0.25, 0.3) is 0 Å². The highest BCUT2D eigenvalue weighted by molar-refractivity contribution is 5.82. The number of carbonyl (C=O) groups excluding carboxylic acids is 4. The molecule has 4 aromatic carbocycles. The number of nitrogens with zero attached hydrogens (tertiary/aromatic N) is 1. The number of ether oxygens (including phenoxy) is 13. The molecule has 0 bridgehead atoms. The molecule has 1 unspecified atom stereocenters. The van der Waals surface area contributed by atoms with E-state index in [4.69, 9.17) is 78.2 Å². The molecule has 0 heterocycles. The monoisotopic (exact) mass is 1270 g/mol. The second-order valence-electron chi connectivity index (χ2n) is 22.2. The number of hydrogen-bond acceptors (Lipinski definition) is 21. The first kappa shape index (κ1) is 77.1. The normalized spacial score (nSPS) is 11.9. The van der Waals surface area contributed by atoms with Gasteiger partial charge in [-0.3, -0.25) is 4.79 Å². The van der Waals surface area contributed by atoms with Crippen molar-refractivity contribution in [2.75, 3.05) is 140 Å². The van der Waals surface area contributed by atoms with E-state index in [9.17, 15) is 19.2 Å². The van der Waals surface area contributed by atoms with Gasteiger partial charge in [-0.1, -0.05) is 55.0 Å². The largest absolute Gasteiger partial charge is 0.496 e. The Hall–Kier alpha value is -7.16. The number of benzene rings is 4. The lowest BCUT2D eigenvalue weighted by molar-refractivity contribution is -0.147. The highest BCUT2D eigenvalue weighted by Crippen LogP contribution is 2.44. The molecule has 0 aromatic heterocycles. The molecule has 24 heteroatoms. The number of unbranched alkanes of at least 4 members (excludes halogenated alkanes) is 1. The molecule has 1 aliphatic carbocycles. The van der Waals surface area contributed by atoms with Crippen molar-refractivity contribution in [2.45, 2.75) is 111 Å². The average molecular weight is 1270 g/mol. The maximum Gasteiger partial charge on any atom is 0.407 e. The zero-order valence-electron chi connectivity index (χ0n) is 55.1. The third kappa shape index (κ3) is 29.2. The molecule has 24 nitrogen and oxygen atoms in total. The summed E-state index contributed by atoms with van der Waals surface area (Å²) in [6.07, 6.45) is 1.18. The molecule has 0 saturated heterocycles. The van der Waals surface area contributed by atoms with Crippen LogP contribution in [0.3, 0.4) is 0 Å². The Morgan fingerprint density at radius 3 is 1.46 bits per heavy atom. The van der Waals surface area contributed by atoms with Gasteiger partial charge in [-0.15, -0.1) is 0 Å². The van der Waals surface area contributed by atoms with E-state index in [1.54, 1.807) is 66.2 Å². The van der Waals surface area contributed by atoms with Crippen molar-refractivity contribution in [1.29, 1.82) is 0 Å². The fraction of sp³-hybridized carbons (Fsp3) is 0.576. The number of esters is 1. The molecule has 0 fully saturated rings. The van der Waals surface area contributed by atoms with E-state index >= 15 is 0 Å². The molecule has 90 heavy (non-hydrogen) atoms. The number of hydrogen-bond donors (Lipinski definition) is 6. The van der Waals surface area contributed by atoms with Crippen molar-refractivity contribution in [3.05, 3.63) is 95.1 Å². The lowest BCUT2D eigenvalue weighted by Crippen LogP contribution is -2.45. The molecule has 3 amide bonds. The number of methoxy groups -OCH3 is 4. The fourth-order valence-electron chi connectivity index (χ4n) is 8.99. The number of nitrogens with two attached hydrogens (primary N) is 2. The van der Waals surface area contributed by atoms with E-state index in [2.05, 4.69) is 40.2 Å². The lowest BCUT2D eigenvalue weighted by Gasteiger charge is -2.27. The van der Waals surface area contributed by atoms with Gasteiger partial charge in [-0.25, -0.2) is 14.4 Å². The fourth-order valence-corrected chi connectivity index (χ4v) is 8.99. The van der Waals surface area contributed by atoms with Gasteiger partial charge in [0, 0.05) is 62.9 Å². The number of fused-ring (bicyclic) bond motifs is 3. The van der Waals surface area contributed by atoms with Crippen LogP contribution in [0.4, 0.5) is 9.59 Å². The van der Waals surface area contributed by atoms with E-state index in [0.717, 1.165) is 18.4 Å². The first-order chi connectivity index (χ1) is 43.2. The Labute approximate surface area is 532 Å². The second kappa shape index (κ2) is 42.8. The van der Waals surface area contributed by atoms with Crippen LogP contribution in [0.25, 0.3) is 11.1 Å². The summed E-state index contributed by atoms with van der Waals surface area (Å²) in [6.45, 7) is 21.6. The topological polar surface area (TPSA) is 300 Å². The highest BCUT2D eigenvalue weighted by Gasteiger charge is 2.29. The first-order valence-electron chi connectivity index (χ1n) is 30.6. The van der Waals surface area contributed by atoms with Gasteiger partial charge in [0.1, 0.15) is 58.9 Å². The molecule has 0 spiro atoms. The third-order valence-electron chi connectivity index (χ3n) is 13.0. The van der Waals surface area contributed by atoms with Gasteiger partial charge in [0.2, 0.25) is 5.91 Å². The van der Waals surface area contributed by atoms with Gasteiger partial charge >= 0.3 is 18.2 Å². The summed E-state index contributed by atoms with van der Waals surface area (Å²) in [4.78, 5) is 49.2. The van der Waals surface area contributed by atoms with Gasteiger partial charge in [0.15, 0.2) is 0 Å². The predicted molar refractivity (Wildman–Crippen MR) is 343 cm³/mol. The smallest absolute Gasteiger partial charge is 0.407 e. The first-order valence-corrected chi connectivity index (χ1v) is 30.6. The molecule has 1 atom stereocenters. The summed E-state index contributed by atoms with van der Waals surface area (Å²) in [7, 11) is 6.37. The minimum absolute atomic E-state index is 0.0582. The van der Waals surface area contributed by atoms with Crippen LogP contribution in [-0.2, 0) is 55.8 Å². The van der Waals surface area contributed by atoms with E-state index in [1.807, 2.05) is 71.0 Å². The number of aliphatic hydroxyl groups excluding tert-OH is 1. The molecule has 0 radical (unpaired) electrons. The molecule has 4 aromatic rings. The second-order valence-corrected chi connectivity index (χ2v) is 22.2. The van der Waals surface area contributed by atoms with Crippen LogP contribution in [-0.4, -0.2) is 192 Å². The van der Waals surface area contributed by atoms with Crippen LogP contribution >= 0.6 is 0 Å². The maximum atomic E-state index is 13.3. The Morgan fingerprint density at radius 2 is 1.03 bits per heavy atom. The van der Waals surface area contributed by atoms with Crippen molar-refractivity contribution < 1.29 is 85.9 Å². The Kier molecular flexibility index (Phi) is 36.6. The van der Waals surface area contributed by atoms with Crippen LogP contribution in [0.5, 0.6) is 34.5 Å². The average Bonchev–Trinajstić information content (AvgIpc) is 1.72. The van der Waals surface area contributed by atoms with Crippen LogP contribution < -0.4 is 55.8 Å². The molecule has 504 valence electrons. The summed E-state index contributed by atoms with van der Waals surface area (Å²) >= 11 is 0. The standard InChI is InChI=1S/C28H50N4O8.C22H38N2O7.C16H14O3/c1-7-39-21-18-24(35-5)22(25(19-21)36-6)20-32(26(33)23(30)10-8-9-11-29)13-15-38-17-16-37-14-12-31-27(34)40-28(2,3)4;1-7-30-17-14-19(26-5)18(20(15-17)27-6)16-23-8-10-28-12-13-29-11-9-24-21(25)31-22(2,3)4;17-9-16(18)19-10-15-13-7-3-1-5-11(13)12-6-2-4-8-14(12)15/h18-19,23H,7-17,20,29-30H2,1-6H3,(H,31,34);14-15,23H,7-13,16H2,1-6H3,(H,24,25);1-8,15,17H,9-10H2. The summed E-state index contributed by atoms with van der Waals surface area (Å²) < 4.78 is 70.9. The number of nitrogens with one attached hydrogen (secondary N) is 3. The van der Waals surface area contributed by atoms with Crippen molar-refractivity contribution in [3.63, 3.8) is 0 Å². The number of carbonyl (C=O) groups is 4. The van der Waals surface area contributed by atoms with Crippen molar-refractivity contribution in [3.8, 4) is 45.6 Å². The van der Waals surface area contributed by atoms with Gasteiger partial charge in [-0.2, -0.15) is 0 Å².